The highest BCUT2D eigenvalue weighted by atomic mass is 16.5. The van der Waals surface area contributed by atoms with Crippen molar-refractivity contribution in [1.82, 2.24) is 0 Å². The van der Waals surface area contributed by atoms with Crippen molar-refractivity contribution < 1.29 is 4.74 Å². The van der Waals surface area contributed by atoms with E-state index in [1.807, 2.05) is 6.08 Å². The Bertz CT molecular complexity index is 606. The number of allylic oxidation sites excluding steroid dienone is 11. The molecule has 1 aliphatic rings. The highest BCUT2D eigenvalue weighted by molar-refractivity contribution is 5.54. The summed E-state index contributed by atoms with van der Waals surface area (Å²) < 4.78 is 5.65. The van der Waals surface area contributed by atoms with Crippen LogP contribution in [-0.4, -0.2) is 7.11 Å². The summed E-state index contributed by atoms with van der Waals surface area (Å²) in [6.45, 7) is 14.9. The zero-order valence-electron chi connectivity index (χ0n) is 16.5. The van der Waals surface area contributed by atoms with Gasteiger partial charge in [-0.2, -0.15) is 0 Å². The first-order valence-electron chi connectivity index (χ1n) is 9.08. The summed E-state index contributed by atoms with van der Waals surface area (Å²) in [7, 11) is 1.78. The van der Waals surface area contributed by atoms with Gasteiger partial charge in [-0.3, -0.25) is 0 Å². The lowest BCUT2D eigenvalue weighted by molar-refractivity contribution is 0.270. The van der Waals surface area contributed by atoms with Crippen molar-refractivity contribution in [2.45, 2.75) is 66.7 Å². The lowest BCUT2D eigenvalue weighted by Crippen LogP contribution is -2.00. The molecule has 0 amide bonds. The van der Waals surface area contributed by atoms with Gasteiger partial charge < -0.3 is 4.74 Å². The zero-order chi connectivity index (χ0) is 18.1. The summed E-state index contributed by atoms with van der Waals surface area (Å²) in [6.07, 6.45) is 14.3. The molecule has 0 fully saturated rings. The van der Waals surface area contributed by atoms with Gasteiger partial charge >= 0.3 is 0 Å². The van der Waals surface area contributed by atoms with Crippen molar-refractivity contribution in [2.24, 2.45) is 0 Å². The van der Waals surface area contributed by atoms with Crippen LogP contribution in [0, 0.1) is 0 Å². The lowest BCUT2D eigenvalue weighted by atomic mass is 9.87. The van der Waals surface area contributed by atoms with Crippen molar-refractivity contribution in [3.8, 4) is 0 Å². The molecule has 24 heavy (non-hydrogen) atoms. The molecule has 0 saturated heterocycles. The minimum atomic E-state index is 1.01. The lowest BCUT2D eigenvalue weighted by Gasteiger charge is -2.18. The fourth-order valence-electron chi connectivity index (χ4n) is 3.01. The molecule has 0 aromatic heterocycles. The van der Waals surface area contributed by atoms with Crippen LogP contribution in [0.25, 0.3) is 0 Å². The van der Waals surface area contributed by atoms with E-state index < -0.39 is 0 Å². The van der Waals surface area contributed by atoms with E-state index >= 15 is 0 Å². The highest BCUT2D eigenvalue weighted by Gasteiger charge is 2.12. The maximum absolute atomic E-state index is 5.65. The Morgan fingerprint density at radius 1 is 1.29 bits per heavy atom. The Morgan fingerprint density at radius 2 is 2.00 bits per heavy atom. The summed E-state index contributed by atoms with van der Waals surface area (Å²) in [4.78, 5) is 0. The standard InChI is InChI=1S/C23H34O/c1-8-10-15-23(24-7)20(6)19(5)16-22(17(3)9-2)21-14-12-11-13-18(21)4/h9,11,13,16H,2,8,10,12,14-15H2,1,3-7H3/b19-16+,22-17+,23-20-. The van der Waals surface area contributed by atoms with Gasteiger partial charge in [0, 0.05) is 6.42 Å². The quantitative estimate of drug-likeness (QED) is 0.338. The summed E-state index contributed by atoms with van der Waals surface area (Å²) in [6, 6.07) is 0. The molecule has 1 rings (SSSR count). The molecule has 132 valence electrons. The number of ether oxygens (including phenoxy) is 1. The van der Waals surface area contributed by atoms with E-state index in [1.165, 1.54) is 39.9 Å². The van der Waals surface area contributed by atoms with E-state index in [2.05, 4.69) is 59.4 Å². The molecule has 0 unspecified atom stereocenters. The fraction of sp³-hybridized carbons (Fsp3) is 0.478. The number of hydrogen-bond donors (Lipinski definition) is 0. The van der Waals surface area contributed by atoms with Crippen LogP contribution in [-0.2, 0) is 4.74 Å². The van der Waals surface area contributed by atoms with Crippen LogP contribution in [0.2, 0.25) is 0 Å². The van der Waals surface area contributed by atoms with E-state index in [1.54, 1.807) is 7.11 Å². The van der Waals surface area contributed by atoms with Crippen LogP contribution < -0.4 is 0 Å². The first-order chi connectivity index (χ1) is 11.5. The summed E-state index contributed by atoms with van der Waals surface area (Å²) in [5.41, 5.74) is 7.88. The predicted molar refractivity (Wildman–Crippen MR) is 107 cm³/mol. The molecule has 0 heterocycles. The van der Waals surface area contributed by atoms with Crippen LogP contribution in [0.1, 0.15) is 66.7 Å². The van der Waals surface area contributed by atoms with Crippen molar-refractivity contribution >= 4 is 0 Å². The minimum absolute atomic E-state index is 1.01. The predicted octanol–water partition coefficient (Wildman–Crippen LogP) is 7.21. The maximum Gasteiger partial charge on any atom is 0.0987 e. The molecule has 0 N–H and O–H groups in total. The monoisotopic (exact) mass is 326 g/mol. The van der Waals surface area contributed by atoms with Gasteiger partial charge in [-0.25, -0.2) is 0 Å². The van der Waals surface area contributed by atoms with Crippen molar-refractivity contribution in [3.05, 3.63) is 70.1 Å². The third kappa shape index (κ3) is 5.40. The molecule has 0 aromatic rings. The summed E-state index contributed by atoms with van der Waals surface area (Å²) in [5, 5.41) is 0. The molecule has 0 radical (unpaired) electrons. The molecule has 1 nitrogen and oxygen atoms in total. The largest absolute Gasteiger partial charge is 0.501 e. The molecule has 1 aliphatic carbocycles. The smallest absolute Gasteiger partial charge is 0.0987 e. The van der Waals surface area contributed by atoms with Crippen LogP contribution in [0.5, 0.6) is 0 Å². The topological polar surface area (TPSA) is 9.23 Å². The van der Waals surface area contributed by atoms with Gasteiger partial charge in [-0.15, -0.1) is 0 Å². The first kappa shape index (κ1) is 20.3. The summed E-state index contributed by atoms with van der Waals surface area (Å²) >= 11 is 0. The average molecular weight is 327 g/mol. The third-order valence-corrected chi connectivity index (χ3v) is 4.84. The number of unbranched alkanes of at least 4 members (excludes halogenated alkanes) is 1. The molecule has 1 heteroatoms. The van der Waals surface area contributed by atoms with E-state index in [4.69, 9.17) is 4.74 Å². The molecule has 0 spiro atoms. The molecular weight excluding hydrogens is 292 g/mol. The highest BCUT2D eigenvalue weighted by Crippen LogP contribution is 2.31. The molecule has 0 bridgehead atoms. The van der Waals surface area contributed by atoms with E-state index in [9.17, 15) is 0 Å². The van der Waals surface area contributed by atoms with E-state index in [0.29, 0.717) is 0 Å². The van der Waals surface area contributed by atoms with Gasteiger partial charge in [-0.05, 0) is 80.4 Å². The second kappa shape index (κ2) is 10.2. The molecular formula is C23H34O. The normalized spacial score (nSPS) is 17.5. The fourth-order valence-corrected chi connectivity index (χ4v) is 3.01. The Balaban J connectivity index is 3.31. The Labute approximate surface area is 149 Å². The van der Waals surface area contributed by atoms with Gasteiger partial charge in [0.05, 0.1) is 12.9 Å². The van der Waals surface area contributed by atoms with Crippen molar-refractivity contribution in [3.63, 3.8) is 0 Å². The number of hydrogen-bond acceptors (Lipinski definition) is 1. The Hall–Kier alpha value is -1.76. The first-order valence-corrected chi connectivity index (χ1v) is 9.08. The minimum Gasteiger partial charge on any atom is -0.501 e. The second-order valence-corrected chi connectivity index (χ2v) is 6.59. The van der Waals surface area contributed by atoms with Crippen LogP contribution in [0.3, 0.4) is 0 Å². The van der Waals surface area contributed by atoms with Crippen molar-refractivity contribution in [1.29, 1.82) is 0 Å². The number of rotatable bonds is 8. The number of methoxy groups -OCH3 is 1. The van der Waals surface area contributed by atoms with Gasteiger partial charge in [-0.1, -0.05) is 44.2 Å². The zero-order valence-corrected chi connectivity index (χ0v) is 16.5. The molecule has 0 aromatic carbocycles. The van der Waals surface area contributed by atoms with E-state index in [-0.39, 0.29) is 0 Å². The molecule has 0 aliphatic heterocycles. The summed E-state index contributed by atoms with van der Waals surface area (Å²) in [5.74, 6) is 1.11. The average Bonchev–Trinajstić information content (AvgIpc) is 2.60. The van der Waals surface area contributed by atoms with Gasteiger partial charge in [0.15, 0.2) is 0 Å². The van der Waals surface area contributed by atoms with Gasteiger partial charge in [0.25, 0.3) is 0 Å². The van der Waals surface area contributed by atoms with E-state index in [0.717, 1.165) is 31.4 Å². The van der Waals surface area contributed by atoms with Gasteiger partial charge in [0.1, 0.15) is 0 Å². The SMILES string of the molecule is C=C\C(C)=C(/C=C(C)/C(C)=C(/CCCC)OC)C1=C(C)C=CCC1. The maximum atomic E-state index is 5.65. The van der Waals surface area contributed by atoms with Crippen LogP contribution in [0.15, 0.2) is 70.1 Å². The Morgan fingerprint density at radius 3 is 2.54 bits per heavy atom. The molecule has 0 saturated carbocycles. The third-order valence-electron chi connectivity index (χ3n) is 4.84. The van der Waals surface area contributed by atoms with Crippen LogP contribution in [0.4, 0.5) is 0 Å². The van der Waals surface area contributed by atoms with Crippen LogP contribution >= 0.6 is 0 Å². The van der Waals surface area contributed by atoms with Gasteiger partial charge in [0.2, 0.25) is 0 Å². The second-order valence-electron chi connectivity index (χ2n) is 6.59. The molecule has 0 atom stereocenters. The van der Waals surface area contributed by atoms with Crippen molar-refractivity contribution in [2.75, 3.05) is 7.11 Å². The Kier molecular flexibility index (Phi) is 8.60.